The van der Waals surface area contributed by atoms with Crippen LogP contribution in [-0.4, -0.2) is 44.0 Å². The number of nitrogens with one attached hydrogen (secondary N) is 1. The molecule has 2 aromatic heterocycles. The third-order valence-electron chi connectivity index (χ3n) is 4.23. The molecule has 2 heterocycles. The number of anilines is 1. The lowest BCUT2D eigenvalue weighted by molar-refractivity contribution is 0.186. The van der Waals surface area contributed by atoms with Gasteiger partial charge in [-0.2, -0.15) is 0 Å². The van der Waals surface area contributed by atoms with E-state index in [0.717, 1.165) is 28.2 Å². The highest BCUT2D eigenvalue weighted by Gasteiger charge is 2.16. The van der Waals surface area contributed by atoms with E-state index >= 15 is 0 Å². The van der Waals surface area contributed by atoms with Gasteiger partial charge in [0, 0.05) is 22.0 Å². The fourth-order valence-corrected chi connectivity index (χ4v) is 3.72. The molecule has 142 valence electrons. The number of urea groups is 1. The second-order valence-electron chi connectivity index (χ2n) is 6.15. The molecule has 0 bridgehead atoms. The van der Waals surface area contributed by atoms with E-state index < -0.39 is 0 Å². The highest BCUT2D eigenvalue weighted by atomic mass is 32.1. The molecule has 0 unspecified atom stereocenters. The van der Waals surface area contributed by atoms with Gasteiger partial charge >= 0.3 is 6.03 Å². The van der Waals surface area contributed by atoms with Gasteiger partial charge < -0.3 is 15.3 Å². The van der Waals surface area contributed by atoms with Crippen LogP contribution in [0.4, 0.5) is 10.5 Å². The van der Waals surface area contributed by atoms with Gasteiger partial charge in [0.1, 0.15) is 12.7 Å². The first kappa shape index (κ1) is 19.1. The molecule has 2 N–H and O–H groups in total. The number of thiophene rings is 1. The second kappa shape index (κ2) is 8.79. The van der Waals surface area contributed by atoms with Gasteiger partial charge in [0.2, 0.25) is 0 Å². The van der Waals surface area contributed by atoms with Crippen molar-refractivity contribution in [2.45, 2.75) is 26.8 Å². The van der Waals surface area contributed by atoms with Crippen molar-refractivity contribution in [2.75, 3.05) is 18.5 Å². The number of carbonyl (C=O) groups excluding carboxylic acids is 1. The number of carbonyl (C=O) groups is 1. The molecule has 0 aliphatic heterocycles. The maximum absolute atomic E-state index is 12.9. The first-order valence-corrected chi connectivity index (χ1v) is 9.62. The van der Waals surface area contributed by atoms with Crippen molar-refractivity contribution in [3.8, 4) is 5.69 Å². The van der Waals surface area contributed by atoms with Crippen LogP contribution in [0, 0.1) is 6.92 Å². The monoisotopic (exact) mass is 385 g/mol. The molecule has 3 rings (SSSR count). The van der Waals surface area contributed by atoms with Crippen molar-refractivity contribution >= 4 is 23.1 Å². The van der Waals surface area contributed by atoms with E-state index in [9.17, 15) is 9.90 Å². The van der Waals surface area contributed by atoms with Crippen LogP contribution >= 0.6 is 11.3 Å². The minimum Gasteiger partial charge on any atom is -0.395 e. The van der Waals surface area contributed by atoms with Crippen molar-refractivity contribution in [3.05, 3.63) is 58.3 Å². The summed E-state index contributed by atoms with van der Waals surface area (Å²) in [6.07, 6.45) is 4.02. The number of hydrogen-bond donors (Lipinski definition) is 2. The quantitative estimate of drug-likeness (QED) is 0.654. The summed E-state index contributed by atoms with van der Waals surface area (Å²) in [5.41, 5.74) is 2.66. The molecule has 3 aromatic rings. The molecule has 0 saturated carbocycles. The summed E-state index contributed by atoms with van der Waals surface area (Å²) >= 11 is 1.65. The number of nitrogens with zero attached hydrogens (tertiary/aromatic N) is 4. The predicted octanol–water partition coefficient (Wildman–Crippen LogP) is 3.23. The van der Waals surface area contributed by atoms with E-state index in [2.05, 4.69) is 15.5 Å². The van der Waals surface area contributed by atoms with Crippen molar-refractivity contribution in [1.82, 2.24) is 19.7 Å². The molecule has 2 amide bonds. The SMILES string of the molecule is CCc1ccc(-n2cnnc2)cc1NC(=O)N(CCO)Cc1ccc(C)s1. The molecule has 0 spiro atoms. The van der Waals surface area contributed by atoms with E-state index in [-0.39, 0.29) is 19.2 Å². The lowest BCUT2D eigenvalue weighted by Crippen LogP contribution is -2.36. The van der Waals surface area contributed by atoms with Crippen LogP contribution in [0.5, 0.6) is 0 Å². The number of aliphatic hydroxyl groups excluding tert-OH is 1. The van der Waals surface area contributed by atoms with Crippen molar-refractivity contribution < 1.29 is 9.90 Å². The normalized spacial score (nSPS) is 10.8. The van der Waals surface area contributed by atoms with Gasteiger partial charge in [-0.05, 0) is 43.2 Å². The van der Waals surface area contributed by atoms with E-state index in [4.69, 9.17) is 0 Å². The summed E-state index contributed by atoms with van der Waals surface area (Å²) in [5.74, 6) is 0. The Morgan fingerprint density at radius 3 is 2.67 bits per heavy atom. The largest absolute Gasteiger partial charge is 0.395 e. The number of aryl methyl sites for hydroxylation is 2. The van der Waals surface area contributed by atoms with Crippen LogP contribution in [0.15, 0.2) is 43.0 Å². The smallest absolute Gasteiger partial charge is 0.322 e. The number of aromatic nitrogens is 3. The minimum absolute atomic E-state index is 0.0842. The summed E-state index contributed by atoms with van der Waals surface area (Å²) in [5, 5.41) is 20.0. The van der Waals surface area contributed by atoms with E-state index in [1.807, 2.05) is 44.2 Å². The van der Waals surface area contributed by atoms with Gasteiger partial charge in [-0.25, -0.2) is 4.79 Å². The number of hydrogen-bond acceptors (Lipinski definition) is 5. The fraction of sp³-hybridized carbons (Fsp3) is 0.316. The molecule has 27 heavy (non-hydrogen) atoms. The third-order valence-corrected chi connectivity index (χ3v) is 5.22. The Balaban J connectivity index is 1.80. The summed E-state index contributed by atoms with van der Waals surface area (Å²) in [6, 6.07) is 9.69. The standard InChI is InChI=1S/C19H23N5O2S/c1-3-15-5-6-16(24-12-20-21-13-24)10-18(15)22-19(26)23(8-9-25)11-17-7-4-14(2)27-17/h4-7,10,12-13,25H,3,8-9,11H2,1-2H3,(H,22,26). The van der Waals surface area contributed by atoms with Crippen molar-refractivity contribution in [3.63, 3.8) is 0 Å². The predicted molar refractivity (Wildman–Crippen MR) is 106 cm³/mol. The van der Waals surface area contributed by atoms with Crippen molar-refractivity contribution in [2.24, 2.45) is 0 Å². The summed E-state index contributed by atoms with van der Waals surface area (Å²) in [4.78, 5) is 16.8. The van der Waals surface area contributed by atoms with Gasteiger partial charge in [0.25, 0.3) is 0 Å². The lowest BCUT2D eigenvalue weighted by atomic mass is 10.1. The molecule has 0 fully saturated rings. The maximum atomic E-state index is 12.9. The van der Waals surface area contributed by atoms with E-state index in [1.165, 1.54) is 4.88 Å². The molecule has 0 aliphatic rings. The molecule has 1 aromatic carbocycles. The maximum Gasteiger partial charge on any atom is 0.322 e. The summed E-state index contributed by atoms with van der Waals surface area (Å²) < 4.78 is 1.79. The van der Waals surface area contributed by atoms with Crippen LogP contribution in [0.1, 0.15) is 22.2 Å². The highest BCUT2D eigenvalue weighted by molar-refractivity contribution is 7.11. The van der Waals surface area contributed by atoms with Crippen LogP contribution < -0.4 is 5.32 Å². The molecule has 8 heteroatoms. The molecule has 0 atom stereocenters. The number of rotatable bonds is 7. The average molecular weight is 385 g/mol. The topological polar surface area (TPSA) is 83.3 Å². The molecule has 0 aliphatic carbocycles. The molecule has 7 nitrogen and oxygen atoms in total. The molecular weight excluding hydrogens is 362 g/mol. The van der Waals surface area contributed by atoms with Gasteiger partial charge in [-0.3, -0.25) is 4.57 Å². The zero-order valence-corrected chi connectivity index (χ0v) is 16.2. The van der Waals surface area contributed by atoms with Crippen LogP contribution in [0.25, 0.3) is 5.69 Å². The Bertz CT molecular complexity index is 891. The Kier molecular flexibility index (Phi) is 6.20. The second-order valence-corrected chi connectivity index (χ2v) is 7.52. The van der Waals surface area contributed by atoms with Gasteiger partial charge in [0.15, 0.2) is 0 Å². The Hall–Kier alpha value is -2.71. The Labute approximate surface area is 162 Å². The third kappa shape index (κ3) is 4.72. The first-order chi connectivity index (χ1) is 13.1. The van der Waals surface area contributed by atoms with Crippen LogP contribution in [0.3, 0.4) is 0 Å². The zero-order chi connectivity index (χ0) is 19.2. The summed E-state index contributed by atoms with van der Waals surface area (Å²) in [6.45, 7) is 4.74. The van der Waals surface area contributed by atoms with E-state index in [0.29, 0.717) is 6.54 Å². The zero-order valence-electron chi connectivity index (χ0n) is 15.4. The molecule has 0 radical (unpaired) electrons. The Morgan fingerprint density at radius 2 is 2.04 bits per heavy atom. The minimum atomic E-state index is -0.231. The van der Waals surface area contributed by atoms with Gasteiger partial charge in [0.05, 0.1) is 18.8 Å². The van der Waals surface area contributed by atoms with E-state index in [1.54, 1.807) is 33.5 Å². The Morgan fingerprint density at radius 1 is 1.26 bits per heavy atom. The van der Waals surface area contributed by atoms with Crippen molar-refractivity contribution in [1.29, 1.82) is 0 Å². The average Bonchev–Trinajstić information content (AvgIpc) is 3.33. The van der Waals surface area contributed by atoms with Gasteiger partial charge in [-0.15, -0.1) is 21.5 Å². The number of amides is 2. The number of aliphatic hydroxyl groups is 1. The highest BCUT2D eigenvalue weighted by Crippen LogP contribution is 2.22. The molecular formula is C19H23N5O2S. The van der Waals surface area contributed by atoms with Gasteiger partial charge in [-0.1, -0.05) is 13.0 Å². The molecule has 0 saturated heterocycles. The van der Waals surface area contributed by atoms with Crippen LogP contribution in [0.2, 0.25) is 0 Å². The van der Waals surface area contributed by atoms with Crippen LogP contribution in [-0.2, 0) is 13.0 Å². The first-order valence-electron chi connectivity index (χ1n) is 8.80. The number of benzene rings is 1. The fourth-order valence-electron chi connectivity index (χ4n) is 2.81. The lowest BCUT2D eigenvalue weighted by Gasteiger charge is -2.23. The summed E-state index contributed by atoms with van der Waals surface area (Å²) in [7, 11) is 0.